The van der Waals surface area contributed by atoms with Gasteiger partial charge in [0.2, 0.25) is 11.8 Å². The first-order valence-electron chi connectivity index (χ1n) is 24.0. The van der Waals surface area contributed by atoms with Crippen molar-refractivity contribution in [2.24, 2.45) is 11.8 Å². The summed E-state index contributed by atoms with van der Waals surface area (Å²) in [4.78, 5) is 74.7. The van der Waals surface area contributed by atoms with Crippen LogP contribution in [0.2, 0.25) is 0 Å². The minimum absolute atomic E-state index is 0.117. The van der Waals surface area contributed by atoms with Crippen LogP contribution in [0.1, 0.15) is 89.1 Å². The van der Waals surface area contributed by atoms with Crippen LogP contribution in [0.15, 0.2) is 121 Å². The number of alkyl carbamates (subject to hydrolysis) is 2. The number of benzene rings is 5. The van der Waals surface area contributed by atoms with Gasteiger partial charge in [-0.3, -0.25) is 9.59 Å². The van der Waals surface area contributed by atoms with Gasteiger partial charge in [-0.2, -0.15) is 0 Å². The van der Waals surface area contributed by atoms with Crippen molar-refractivity contribution in [1.29, 1.82) is 0 Å². The molecule has 2 aliphatic heterocycles. The van der Waals surface area contributed by atoms with Crippen LogP contribution < -0.4 is 10.6 Å². The van der Waals surface area contributed by atoms with Gasteiger partial charge in [0.25, 0.3) is 0 Å². The molecule has 0 bridgehead atoms. The molecule has 4 heterocycles. The first-order chi connectivity index (χ1) is 33.3. The van der Waals surface area contributed by atoms with E-state index in [2.05, 4.69) is 69.1 Å². The lowest BCUT2D eigenvalue weighted by Gasteiger charge is -2.37. The van der Waals surface area contributed by atoms with Gasteiger partial charge in [0.05, 0.1) is 33.6 Å². The first-order valence-corrected chi connectivity index (χ1v) is 24.0. The van der Waals surface area contributed by atoms with E-state index in [1.807, 2.05) is 117 Å². The Kier molecular flexibility index (Phi) is 13.5. The Morgan fingerprint density at radius 2 is 1.14 bits per heavy atom. The van der Waals surface area contributed by atoms with Gasteiger partial charge in [0.15, 0.2) is 0 Å². The molecule has 9 rings (SSSR count). The maximum Gasteiger partial charge on any atom is 0.408 e. The smallest absolute Gasteiger partial charge is 0.408 e. The molecule has 5 aromatic carbocycles. The third kappa shape index (κ3) is 10.1. The SMILES string of the molecule is CC(C)[C@H](NC(=O)OCc1ccccc1)C(=O)N1CCC[C@H]1c1nc2ccc(-c3ccc(-c4ccc5nc([C@@]6(C)CCCN6C(=O)[C@@H](NC(=O)OCc6ccccc6)C(C)C)[nH]c5c4)cc3)cc2[nH]1. The highest BCUT2D eigenvalue weighted by atomic mass is 16.6. The molecule has 14 nitrogen and oxygen atoms in total. The van der Waals surface area contributed by atoms with E-state index < -0.39 is 29.8 Å². The lowest BCUT2D eigenvalue weighted by molar-refractivity contribution is -0.139. The van der Waals surface area contributed by atoms with Crippen LogP contribution in [0.4, 0.5) is 9.59 Å². The maximum absolute atomic E-state index is 14.2. The fourth-order valence-electron chi connectivity index (χ4n) is 9.70. The molecule has 7 aromatic rings. The summed E-state index contributed by atoms with van der Waals surface area (Å²) in [6, 6.07) is 37.9. The Morgan fingerprint density at radius 3 is 1.70 bits per heavy atom. The summed E-state index contributed by atoms with van der Waals surface area (Å²) in [7, 11) is 0. The summed E-state index contributed by atoms with van der Waals surface area (Å²) in [6.07, 6.45) is 1.88. The largest absolute Gasteiger partial charge is 0.445 e. The minimum atomic E-state index is -0.763. The minimum Gasteiger partial charge on any atom is -0.445 e. The quantitative estimate of drug-likeness (QED) is 0.0834. The number of imidazole rings is 2. The van der Waals surface area contributed by atoms with Crippen molar-refractivity contribution < 1.29 is 28.7 Å². The zero-order chi connectivity index (χ0) is 48.2. The Bertz CT molecular complexity index is 2950. The molecule has 4 N–H and O–H groups in total. The lowest BCUT2D eigenvalue weighted by atomic mass is 9.95. The second kappa shape index (κ2) is 20.0. The maximum atomic E-state index is 14.2. The van der Waals surface area contributed by atoms with Crippen LogP contribution in [0, 0.1) is 11.8 Å². The van der Waals surface area contributed by atoms with Crippen molar-refractivity contribution in [3.05, 3.63) is 144 Å². The number of likely N-dealkylation sites (tertiary alicyclic amines) is 2. The number of hydrogen-bond acceptors (Lipinski definition) is 8. The van der Waals surface area contributed by atoms with E-state index in [0.717, 1.165) is 87.0 Å². The number of nitrogens with one attached hydrogen (secondary N) is 4. The first kappa shape index (κ1) is 46.6. The monoisotopic (exact) mass is 928 g/mol. The van der Waals surface area contributed by atoms with Crippen molar-refractivity contribution in [3.63, 3.8) is 0 Å². The van der Waals surface area contributed by atoms with Crippen molar-refractivity contribution in [2.75, 3.05) is 13.1 Å². The third-order valence-corrected chi connectivity index (χ3v) is 13.6. The van der Waals surface area contributed by atoms with E-state index >= 15 is 0 Å². The number of aromatic nitrogens is 4. The molecule has 0 spiro atoms. The van der Waals surface area contributed by atoms with Crippen LogP contribution in [-0.4, -0.2) is 78.9 Å². The number of amides is 4. The topological polar surface area (TPSA) is 175 Å². The molecule has 69 heavy (non-hydrogen) atoms. The summed E-state index contributed by atoms with van der Waals surface area (Å²) in [6.45, 7) is 11.1. The second-order valence-electron chi connectivity index (χ2n) is 19.2. The predicted molar refractivity (Wildman–Crippen MR) is 265 cm³/mol. The average molecular weight is 929 g/mol. The van der Waals surface area contributed by atoms with Crippen molar-refractivity contribution >= 4 is 46.1 Å². The van der Waals surface area contributed by atoms with Crippen molar-refractivity contribution in [1.82, 2.24) is 40.4 Å². The van der Waals surface area contributed by atoms with Crippen LogP contribution in [0.3, 0.4) is 0 Å². The van der Waals surface area contributed by atoms with Gasteiger partial charge >= 0.3 is 12.2 Å². The standard InChI is InChI=1S/C55H60N8O6/c1-34(2)47(60-53(66)68-32-36-14-8-6-9-15-36)50(64)62-28-12-18-46(62)49-56-42-25-23-40(30-44(42)57-49)38-19-21-39(22-20-38)41-24-26-43-45(31-41)59-52(58-43)55(5)27-13-29-63(55)51(65)48(35(3)4)61-54(67)69-33-37-16-10-7-11-17-37/h6-11,14-17,19-26,30-31,34-35,46-48H,12-13,18,27-29,32-33H2,1-5H3,(H,56,57)(H,58,59)(H,60,66)(H,61,67)/t46-,47-,48-,55+/m0/s1. The molecule has 356 valence electrons. The highest BCUT2D eigenvalue weighted by Gasteiger charge is 2.46. The van der Waals surface area contributed by atoms with Gasteiger partial charge in [-0.25, -0.2) is 19.6 Å². The Morgan fingerprint density at radius 1 is 0.638 bits per heavy atom. The van der Waals surface area contributed by atoms with Crippen LogP contribution in [0.25, 0.3) is 44.3 Å². The van der Waals surface area contributed by atoms with Crippen molar-refractivity contribution in [2.45, 2.75) is 97.2 Å². The molecule has 2 aromatic heterocycles. The Balaban J connectivity index is 0.859. The number of rotatable bonds is 14. The van der Waals surface area contributed by atoms with Crippen LogP contribution >= 0.6 is 0 Å². The van der Waals surface area contributed by atoms with Gasteiger partial charge < -0.3 is 39.9 Å². The number of H-pyrrole nitrogens is 2. The summed E-state index contributed by atoms with van der Waals surface area (Å²) in [5.41, 5.74) is 8.55. The molecule has 0 unspecified atom stereocenters. The number of carbonyl (C=O) groups is 4. The molecular formula is C55H60N8O6. The van der Waals surface area contributed by atoms with Crippen molar-refractivity contribution in [3.8, 4) is 22.3 Å². The van der Waals surface area contributed by atoms with Gasteiger partial charge in [-0.15, -0.1) is 0 Å². The number of ether oxygens (including phenoxy) is 2. The molecule has 0 saturated carbocycles. The summed E-state index contributed by atoms with van der Waals surface area (Å²) in [5.74, 6) is 0.815. The molecule has 0 aliphatic carbocycles. The fraction of sp³-hybridized carbons (Fsp3) is 0.345. The molecule has 14 heteroatoms. The normalized spacial score (nSPS) is 17.9. The third-order valence-electron chi connectivity index (χ3n) is 13.6. The zero-order valence-corrected chi connectivity index (χ0v) is 39.8. The van der Waals surface area contributed by atoms with Gasteiger partial charge in [-0.1, -0.05) is 125 Å². The Labute approximate surface area is 402 Å². The molecule has 2 aliphatic rings. The molecular weight excluding hydrogens is 869 g/mol. The Hall–Kier alpha value is -7.48. The van der Waals surface area contributed by atoms with E-state index in [4.69, 9.17) is 19.4 Å². The zero-order valence-electron chi connectivity index (χ0n) is 39.8. The lowest BCUT2D eigenvalue weighted by Crippen LogP contribution is -2.55. The number of nitrogens with zero attached hydrogens (tertiary/aromatic N) is 4. The highest BCUT2D eigenvalue weighted by Crippen LogP contribution is 2.40. The second-order valence-corrected chi connectivity index (χ2v) is 19.2. The van der Waals surface area contributed by atoms with E-state index in [-0.39, 0.29) is 42.9 Å². The van der Waals surface area contributed by atoms with Gasteiger partial charge in [0, 0.05) is 13.1 Å². The molecule has 4 atom stereocenters. The summed E-state index contributed by atoms with van der Waals surface area (Å²) >= 11 is 0. The summed E-state index contributed by atoms with van der Waals surface area (Å²) in [5, 5.41) is 5.68. The summed E-state index contributed by atoms with van der Waals surface area (Å²) < 4.78 is 10.9. The van der Waals surface area contributed by atoms with Crippen LogP contribution in [0.5, 0.6) is 0 Å². The van der Waals surface area contributed by atoms with E-state index in [0.29, 0.717) is 18.9 Å². The van der Waals surface area contributed by atoms with Crippen LogP contribution in [-0.2, 0) is 37.8 Å². The average Bonchev–Trinajstić information content (AvgIpc) is 4.19. The molecule has 2 fully saturated rings. The number of aromatic amines is 2. The van der Waals surface area contributed by atoms with E-state index in [1.165, 1.54) is 0 Å². The fourth-order valence-corrected chi connectivity index (χ4v) is 9.70. The number of fused-ring (bicyclic) bond motifs is 2. The molecule has 0 radical (unpaired) electrons. The molecule has 4 amide bonds. The highest BCUT2D eigenvalue weighted by molar-refractivity contribution is 5.89. The van der Waals surface area contributed by atoms with Gasteiger partial charge in [-0.05, 0) is 102 Å². The van der Waals surface area contributed by atoms with Gasteiger partial charge in [0.1, 0.15) is 36.9 Å². The van der Waals surface area contributed by atoms with E-state index in [1.54, 1.807) is 0 Å². The number of hydrogen-bond donors (Lipinski definition) is 4. The predicted octanol–water partition coefficient (Wildman–Crippen LogP) is 10.2. The van der Waals surface area contributed by atoms with E-state index in [9.17, 15) is 19.2 Å². The number of carbonyl (C=O) groups excluding carboxylic acids is 4. The molecule has 2 saturated heterocycles.